The molecule has 2 aromatic heterocycles. The molecule has 4 nitrogen and oxygen atoms in total. The van der Waals surface area contributed by atoms with Gasteiger partial charge in [0.15, 0.2) is 0 Å². The quantitative estimate of drug-likeness (QED) is 0.689. The molecule has 0 amide bonds. The molecule has 0 spiro atoms. The zero-order valence-electron chi connectivity index (χ0n) is 8.51. The third-order valence-corrected chi connectivity index (χ3v) is 3.91. The van der Waals surface area contributed by atoms with Gasteiger partial charge < -0.3 is 4.98 Å². The molecule has 0 aliphatic heterocycles. The van der Waals surface area contributed by atoms with Crippen molar-refractivity contribution in [1.82, 2.24) is 9.97 Å². The Morgan fingerprint density at radius 1 is 1.24 bits per heavy atom. The molecule has 86 valence electrons. The van der Waals surface area contributed by atoms with E-state index in [4.69, 9.17) is 10.7 Å². The highest BCUT2D eigenvalue weighted by Crippen LogP contribution is 2.26. The molecule has 3 aromatic rings. The van der Waals surface area contributed by atoms with E-state index in [-0.39, 0.29) is 4.90 Å². The number of hydrogen-bond acceptors (Lipinski definition) is 3. The number of hydrogen-bond donors (Lipinski definition) is 1. The van der Waals surface area contributed by atoms with Gasteiger partial charge in [0.1, 0.15) is 10.4 Å². The van der Waals surface area contributed by atoms with Gasteiger partial charge in [-0.25, -0.2) is 13.4 Å². The molecule has 0 saturated carbocycles. The number of aromatic nitrogens is 2. The predicted molar refractivity (Wildman–Crippen MR) is 66.6 cm³/mol. The Morgan fingerprint density at radius 3 is 2.76 bits per heavy atom. The van der Waals surface area contributed by atoms with Crippen LogP contribution in [0.1, 0.15) is 0 Å². The summed E-state index contributed by atoms with van der Waals surface area (Å²) in [5.74, 6) is 0. The van der Waals surface area contributed by atoms with Gasteiger partial charge in [-0.3, -0.25) is 0 Å². The Balaban J connectivity index is 2.48. The molecule has 17 heavy (non-hydrogen) atoms. The van der Waals surface area contributed by atoms with Gasteiger partial charge >= 0.3 is 0 Å². The highest BCUT2D eigenvalue weighted by atomic mass is 35.7. The number of para-hydroxylation sites is 1. The van der Waals surface area contributed by atoms with Crippen LogP contribution < -0.4 is 0 Å². The zero-order valence-corrected chi connectivity index (χ0v) is 10.1. The first-order chi connectivity index (χ1) is 8.05. The van der Waals surface area contributed by atoms with Crippen LogP contribution in [0.3, 0.4) is 0 Å². The average molecular weight is 267 g/mol. The third kappa shape index (κ3) is 1.67. The highest BCUT2D eigenvalue weighted by Gasteiger charge is 2.17. The van der Waals surface area contributed by atoms with Crippen LogP contribution in [0, 0.1) is 0 Å². The molecule has 0 aliphatic rings. The summed E-state index contributed by atoms with van der Waals surface area (Å²) in [5, 5.41) is 0.945. The van der Waals surface area contributed by atoms with E-state index in [0.717, 1.165) is 10.9 Å². The van der Waals surface area contributed by atoms with Crippen LogP contribution in [0.2, 0.25) is 0 Å². The van der Waals surface area contributed by atoms with Crippen molar-refractivity contribution in [3.8, 4) is 0 Å². The van der Waals surface area contributed by atoms with Crippen molar-refractivity contribution in [3.05, 3.63) is 36.5 Å². The molecule has 0 fully saturated rings. The van der Waals surface area contributed by atoms with Gasteiger partial charge in [-0.15, -0.1) is 0 Å². The van der Waals surface area contributed by atoms with Crippen LogP contribution >= 0.6 is 10.7 Å². The largest absolute Gasteiger partial charge is 0.359 e. The van der Waals surface area contributed by atoms with Gasteiger partial charge in [0, 0.05) is 22.3 Å². The van der Waals surface area contributed by atoms with Crippen molar-refractivity contribution in [2.45, 2.75) is 4.90 Å². The SMILES string of the molecule is O=S(=O)(Cl)c1c[nH]c2cc3ccccc3nc12. The number of rotatable bonds is 1. The van der Waals surface area contributed by atoms with Crippen LogP contribution in [0.5, 0.6) is 0 Å². The summed E-state index contributed by atoms with van der Waals surface area (Å²) < 4.78 is 22.7. The summed E-state index contributed by atoms with van der Waals surface area (Å²) in [4.78, 5) is 7.18. The Kier molecular flexibility index (Phi) is 2.14. The summed E-state index contributed by atoms with van der Waals surface area (Å²) in [7, 11) is 1.57. The number of H-pyrrole nitrogens is 1. The number of aromatic amines is 1. The lowest BCUT2D eigenvalue weighted by Gasteiger charge is -1.98. The summed E-state index contributed by atoms with van der Waals surface area (Å²) in [6.07, 6.45) is 1.36. The highest BCUT2D eigenvalue weighted by molar-refractivity contribution is 8.14. The smallest absolute Gasteiger partial charge is 0.264 e. The monoisotopic (exact) mass is 266 g/mol. The van der Waals surface area contributed by atoms with Crippen molar-refractivity contribution in [2.24, 2.45) is 0 Å². The van der Waals surface area contributed by atoms with Crippen LogP contribution in [0.4, 0.5) is 0 Å². The van der Waals surface area contributed by atoms with Crippen molar-refractivity contribution in [1.29, 1.82) is 0 Å². The fourth-order valence-corrected chi connectivity index (χ4v) is 2.75. The molecule has 0 unspecified atom stereocenters. The van der Waals surface area contributed by atoms with E-state index in [0.29, 0.717) is 11.0 Å². The molecule has 3 rings (SSSR count). The van der Waals surface area contributed by atoms with Gasteiger partial charge in [-0.1, -0.05) is 18.2 Å². The lowest BCUT2D eigenvalue weighted by Crippen LogP contribution is -1.90. The third-order valence-electron chi connectivity index (χ3n) is 2.58. The maximum absolute atomic E-state index is 11.3. The first-order valence-electron chi connectivity index (χ1n) is 4.87. The molecular weight excluding hydrogens is 260 g/mol. The lowest BCUT2D eigenvalue weighted by molar-refractivity contribution is 0.610. The van der Waals surface area contributed by atoms with Crippen LogP contribution in [-0.2, 0) is 9.05 Å². The molecule has 2 heterocycles. The normalized spacial score (nSPS) is 12.3. The van der Waals surface area contributed by atoms with Gasteiger partial charge in [-0.05, 0) is 12.1 Å². The Labute approximate surface area is 102 Å². The molecule has 0 bridgehead atoms. The average Bonchev–Trinajstić information content (AvgIpc) is 2.68. The van der Waals surface area contributed by atoms with Crippen LogP contribution in [0.15, 0.2) is 41.4 Å². The lowest BCUT2D eigenvalue weighted by atomic mass is 10.2. The van der Waals surface area contributed by atoms with Crippen molar-refractivity contribution in [3.63, 3.8) is 0 Å². The Bertz CT molecular complexity index is 824. The summed E-state index contributed by atoms with van der Waals surface area (Å²) >= 11 is 0. The second-order valence-corrected chi connectivity index (χ2v) is 6.20. The maximum atomic E-state index is 11.3. The van der Waals surface area contributed by atoms with E-state index in [1.807, 2.05) is 30.3 Å². The van der Waals surface area contributed by atoms with E-state index in [9.17, 15) is 8.42 Å². The fraction of sp³-hybridized carbons (Fsp3) is 0. The molecule has 0 radical (unpaired) electrons. The first kappa shape index (κ1) is 10.6. The van der Waals surface area contributed by atoms with Gasteiger partial charge in [-0.2, -0.15) is 0 Å². The fourth-order valence-electron chi connectivity index (χ4n) is 1.81. The van der Waals surface area contributed by atoms with Crippen molar-refractivity contribution in [2.75, 3.05) is 0 Å². The van der Waals surface area contributed by atoms with E-state index in [1.165, 1.54) is 6.20 Å². The minimum absolute atomic E-state index is 0.0138. The first-order valence-corrected chi connectivity index (χ1v) is 7.18. The molecule has 0 aliphatic carbocycles. The second-order valence-electron chi connectivity index (χ2n) is 3.67. The van der Waals surface area contributed by atoms with E-state index in [2.05, 4.69) is 9.97 Å². The number of nitrogens with one attached hydrogen (secondary N) is 1. The predicted octanol–water partition coefficient (Wildman–Crippen LogP) is 2.64. The zero-order chi connectivity index (χ0) is 12.0. The molecule has 0 atom stereocenters. The molecule has 1 aromatic carbocycles. The molecule has 6 heteroatoms. The van der Waals surface area contributed by atoms with Crippen LogP contribution in [0.25, 0.3) is 21.9 Å². The van der Waals surface area contributed by atoms with E-state index < -0.39 is 9.05 Å². The summed E-state index contributed by atoms with van der Waals surface area (Å²) in [5.41, 5.74) is 1.77. The van der Waals surface area contributed by atoms with Gasteiger partial charge in [0.05, 0.1) is 11.0 Å². The number of benzene rings is 1. The minimum atomic E-state index is -3.78. The molecule has 1 N–H and O–H groups in total. The standard InChI is InChI=1S/C11H7ClN2O2S/c12-17(15,16)10-6-13-9-5-7-3-1-2-4-8(7)14-11(9)10/h1-6,13H. The number of halogens is 1. The van der Waals surface area contributed by atoms with Crippen molar-refractivity contribution < 1.29 is 8.42 Å². The maximum Gasteiger partial charge on any atom is 0.264 e. The van der Waals surface area contributed by atoms with Crippen LogP contribution in [-0.4, -0.2) is 18.4 Å². The summed E-state index contributed by atoms with van der Waals surface area (Å²) in [6, 6.07) is 9.34. The molecule has 0 saturated heterocycles. The Hall–Kier alpha value is -1.59. The Morgan fingerprint density at radius 2 is 2.00 bits per heavy atom. The number of fused-ring (bicyclic) bond motifs is 2. The molecular formula is C11H7ClN2O2S. The second kappa shape index (κ2) is 3.45. The number of nitrogens with zero attached hydrogens (tertiary/aromatic N) is 1. The summed E-state index contributed by atoms with van der Waals surface area (Å²) in [6.45, 7) is 0. The topological polar surface area (TPSA) is 62.8 Å². The van der Waals surface area contributed by atoms with E-state index >= 15 is 0 Å². The number of pyridine rings is 1. The minimum Gasteiger partial charge on any atom is -0.359 e. The van der Waals surface area contributed by atoms with Gasteiger partial charge in [0.2, 0.25) is 0 Å². The van der Waals surface area contributed by atoms with Crippen molar-refractivity contribution >= 4 is 41.7 Å². The van der Waals surface area contributed by atoms with Gasteiger partial charge in [0.25, 0.3) is 9.05 Å². The van der Waals surface area contributed by atoms with E-state index in [1.54, 1.807) is 0 Å².